The van der Waals surface area contributed by atoms with Crippen LogP contribution >= 0.6 is 11.6 Å². The van der Waals surface area contributed by atoms with Crippen LogP contribution in [-0.2, 0) is 0 Å². The maximum absolute atomic E-state index is 12.3. The van der Waals surface area contributed by atoms with Crippen LogP contribution in [0, 0.1) is 5.92 Å². The van der Waals surface area contributed by atoms with Crippen LogP contribution in [0.3, 0.4) is 0 Å². The van der Waals surface area contributed by atoms with Crippen molar-refractivity contribution in [2.24, 2.45) is 5.92 Å². The zero-order valence-electron chi connectivity index (χ0n) is 12.2. The molecule has 2 nitrogen and oxygen atoms in total. The lowest BCUT2D eigenvalue weighted by atomic mass is 10.0. The molecule has 1 aromatic carbocycles. The van der Waals surface area contributed by atoms with Crippen molar-refractivity contribution in [2.45, 2.75) is 33.6 Å². The summed E-state index contributed by atoms with van der Waals surface area (Å²) in [5.41, 5.74) is 0.632. The predicted octanol–water partition coefficient (Wildman–Crippen LogP) is 4.28. The third-order valence-electron chi connectivity index (χ3n) is 3.66. The van der Waals surface area contributed by atoms with Crippen LogP contribution in [0.5, 0.6) is 0 Å². The van der Waals surface area contributed by atoms with Crippen molar-refractivity contribution in [1.29, 1.82) is 0 Å². The number of Topliss-reactive ketones (excluding diaryl/α,β-unsaturated/α-hetero) is 1. The Hall–Kier alpha value is -0.860. The number of carbonyl (C=O) groups excluding carboxylic acids is 1. The first-order valence-corrected chi connectivity index (χ1v) is 7.50. The lowest BCUT2D eigenvalue weighted by Gasteiger charge is -2.24. The van der Waals surface area contributed by atoms with E-state index in [0.717, 1.165) is 25.9 Å². The van der Waals surface area contributed by atoms with E-state index in [1.165, 1.54) is 0 Å². The second kappa shape index (κ2) is 8.34. The molecule has 106 valence electrons. The Bertz CT molecular complexity index is 401. The minimum Gasteiger partial charge on any atom is -0.296 e. The minimum absolute atomic E-state index is 0.110. The van der Waals surface area contributed by atoms with Gasteiger partial charge in [0.1, 0.15) is 0 Å². The van der Waals surface area contributed by atoms with E-state index >= 15 is 0 Å². The van der Waals surface area contributed by atoms with Crippen molar-refractivity contribution in [3.63, 3.8) is 0 Å². The van der Waals surface area contributed by atoms with Crippen molar-refractivity contribution >= 4 is 17.4 Å². The van der Waals surface area contributed by atoms with Crippen LogP contribution in [0.15, 0.2) is 24.3 Å². The quantitative estimate of drug-likeness (QED) is 0.663. The van der Waals surface area contributed by atoms with Gasteiger partial charge < -0.3 is 0 Å². The molecule has 0 atom stereocenters. The number of carbonyl (C=O) groups is 1. The SMILES string of the molecule is CCC(CC)CN(CC)CC(=O)c1ccccc1Cl. The molecule has 0 fully saturated rings. The summed E-state index contributed by atoms with van der Waals surface area (Å²) in [6.45, 7) is 8.85. The Morgan fingerprint density at radius 3 is 2.37 bits per heavy atom. The van der Waals surface area contributed by atoms with E-state index in [-0.39, 0.29) is 5.78 Å². The molecule has 1 aromatic rings. The molecule has 3 heteroatoms. The molecule has 0 aliphatic heterocycles. The molecule has 0 spiro atoms. The van der Waals surface area contributed by atoms with Crippen molar-refractivity contribution in [3.8, 4) is 0 Å². The molecule has 0 bridgehead atoms. The van der Waals surface area contributed by atoms with Gasteiger partial charge in [-0.15, -0.1) is 0 Å². The Labute approximate surface area is 121 Å². The predicted molar refractivity (Wildman–Crippen MR) is 82.0 cm³/mol. The monoisotopic (exact) mass is 281 g/mol. The van der Waals surface area contributed by atoms with Gasteiger partial charge in [0.2, 0.25) is 0 Å². The molecule has 0 aliphatic carbocycles. The van der Waals surface area contributed by atoms with Gasteiger partial charge >= 0.3 is 0 Å². The molecule has 0 N–H and O–H groups in total. The molecule has 0 aliphatic rings. The fraction of sp³-hybridized carbons (Fsp3) is 0.562. The van der Waals surface area contributed by atoms with Gasteiger partial charge in [0.15, 0.2) is 5.78 Å². The zero-order valence-corrected chi connectivity index (χ0v) is 12.9. The van der Waals surface area contributed by atoms with Crippen LogP contribution in [-0.4, -0.2) is 30.3 Å². The maximum Gasteiger partial charge on any atom is 0.178 e. The highest BCUT2D eigenvalue weighted by Gasteiger charge is 2.16. The van der Waals surface area contributed by atoms with Gasteiger partial charge in [-0.3, -0.25) is 9.69 Å². The maximum atomic E-state index is 12.3. The number of hydrogen-bond donors (Lipinski definition) is 0. The standard InChI is InChI=1S/C16H24ClNO/c1-4-13(5-2)11-18(6-3)12-16(19)14-9-7-8-10-15(14)17/h7-10,13H,4-6,11-12H2,1-3H3. The normalized spacial score (nSPS) is 11.3. The first kappa shape index (κ1) is 16.2. The summed E-state index contributed by atoms with van der Waals surface area (Å²) in [7, 11) is 0. The first-order valence-electron chi connectivity index (χ1n) is 7.12. The molecule has 0 unspecified atom stereocenters. The van der Waals surface area contributed by atoms with E-state index < -0.39 is 0 Å². The van der Waals surface area contributed by atoms with Gasteiger partial charge in [0.05, 0.1) is 11.6 Å². The number of hydrogen-bond acceptors (Lipinski definition) is 2. The highest BCUT2D eigenvalue weighted by atomic mass is 35.5. The van der Waals surface area contributed by atoms with Gasteiger partial charge in [-0.05, 0) is 24.6 Å². The summed E-state index contributed by atoms with van der Waals surface area (Å²) in [5, 5.41) is 0.547. The fourth-order valence-corrected chi connectivity index (χ4v) is 2.43. The van der Waals surface area contributed by atoms with Gasteiger partial charge in [-0.25, -0.2) is 0 Å². The topological polar surface area (TPSA) is 20.3 Å². The second-order valence-electron chi connectivity index (χ2n) is 4.91. The van der Waals surface area contributed by atoms with E-state index in [2.05, 4.69) is 25.7 Å². The lowest BCUT2D eigenvalue weighted by molar-refractivity contribution is 0.0921. The Morgan fingerprint density at radius 1 is 1.21 bits per heavy atom. The highest BCUT2D eigenvalue weighted by molar-refractivity contribution is 6.34. The van der Waals surface area contributed by atoms with Crippen LogP contribution < -0.4 is 0 Å². The lowest BCUT2D eigenvalue weighted by Crippen LogP contribution is -2.34. The molecule has 0 radical (unpaired) electrons. The number of rotatable bonds is 8. The number of halogens is 1. The molecule has 1 rings (SSSR count). The van der Waals surface area contributed by atoms with Crippen molar-refractivity contribution in [3.05, 3.63) is 34.9 Å². The van der Waals surface area contributed by atoms with Crippen LogP contribution in [0.4, 0.5) is 0 Å². The molecule has 0 saturated heterocycles. The molecule has 0 saturated carbocycles. The van der Waals surface area contributed by atoms with E-state index in [1.54, 1.807) is 12.1 Å². The number of benzene rings is 1. The number of ketones is 1. The molecule has 0 aromatic heterocycles. The summed E-state index contributed by atoms with van der Waals surface area (Å²) in [4.78, 5) is 14.5. The van der Waals surface area contributed by atoms with Crippen LogP contribution in [0.2, 0.25) is 5.02 Å². The van der Waals surface area contributed by atoms with Crippen molar-refractivity contribution < 1.29 is 4.79 Å². The van der Waals surface area contributed by atoms with E-state index in [4.69, 9.17) is 11.6 Å². The summed E-state index contributed by atoms with van der Waals surface area (Å²) < 4.78 is 0. The minimum atomic E-state index is 0.110. The van der Waals surface area contributed by atoms with Crippen LogP contribution in [0.25, 0.3) is 0 Å². The Balaban J connectivity index is 2.66. The third kappa shape index (κ3) is 4.96. The molecular weight excluding hydrogens is 258 g/mol. The molecular formula is C16H24ClNO. The zero-order chi connectivity index (χ0) is 14.3. The largest absolute Gasteiger partial charge is 0.296 e. The van der Waals surface area contributed by atoms with E-state index in [1.807, 2.05) is 12.1 Å². The number of nitrogens with zero attached hydrogens (tertiary/aromatic N) is 1. The van der Waals surface area contributed by atoms with Gasteiger partial charge in [-0.2, -0.15) is 0 Å². The summed E-state index contributed by atoms with van der Waals surface area (Å²) in [6, 6.07) is 7.28. The Morgan fingerprint density at radius 2 is 1.84 bits per heavy atom. The summed E-state index contributed by atoms with van der Waals surface area (Å²) in [5.74, 6) is 0.775. The highest BCUT2D eigenvalue weighted by Crippen LogP contribution is 2.17. The van der Waals surface area contributed by atoms with Crippen molar-refractivity contribution in [1.82, 2.24) is 4.90 Å². The molecule has 19 heavy (non-hydrogen) atoms. The van der Waals surface area contributed by atoms with Gasteiger partial charge in [0.25, 0.3) is 0 Å². The average molecular weight is 282 g/mol. The van der Waals surface area contributed by atoms with E-state index in [0.29, 0.717) is 23.0 Å². The van der Waals surface area contributed by atoms with Gasteiger partial charge in [-0.1, -0.05) is 57.3 Å². The average Bonchev–Trinajstić information content (AvgIpc) is 2.43. The number of likely N-dealkylation sites (N-methyl/N-ethyl adjacent to an activating group) is 1. The second-order valence-corrected chi connectivity index (χ2v) is 5.32. The Kier molecular flexibility index (Phi) is 7.11. The third-order valence-corrected chi connectivity index (χ3v) is 3.99. The van der Waals surface area contributed by atoms with Crippen molar-refractivity contribution in [2.75, 3.05) is 19.6 Å². The fourth-order valence-electron chi connectivity index (χ4n) is 2.19. The van der Waals surface area contributed by atoms with E-state index in [9.17, 15) is 4.79 Å². The summed E-state index contributed by atoms with van der Waals surface area (Å²) >= 11 is 6.07. The summed E-state index contributed by atoms with van der Waals surface area (Å²) in [6.07, 6.45) is 2.32. The first-order chi connectivity index (χ1) is 9.12. The smallest absolute Gasteiger partial charge is 0.178 e. The van der Waals surface area contributed by atoms with Crippen LogP contribution in [0.1, 0.15) is 44.0 Å². The molecule has 0 amide bonds. The molecule has 0 heterocycles. The van der Waals surface area contributed by atoms with Gasteiger partial charge in [0, 0.05) is 12.1 Å².